The third-order valence-electron chi connectivity index (χ3n) is 15.7. The van der Waals surface area contributed by atoms with E-state index in [-0.39, 0.29) is 0 Å². The van der Waals surface area contributed by atoms with Crippen LogP contribution < -0.4 is 0 Å². The van der Waals surface area contributed by atoms with Gasteiger partial charge in [0.1, 0.15) is 35.4 Å². The first-order chi connectivity index (χ1) is 47.9. The number of aryl methyl sites for hydroxylation is 6. The molecule has 502 valence electrons. The third-order valence-corrected chi connectivity index (χ3v) is 16.3. The molecule has 0 N–H and O–H groups in total. The van der Waals surface area contributed by atoms with Gasteiger partial charge in [0.05, 0.1) is 6.26 Å². The van der Waals surface area contributed by atoms with Gasteiger partial charge in [-0.15, -0.1) is 71.4 Å². The maximum Gasteiger partial charge on any atom is 0.199 e. The number of thioether (sulfide) groups is 1. The van der Waals surface area contributed by atoms with Gasteiger partial charge in [-0.25, -0.2) is 0 Å². The minimum Gasteiger partial charge on any atom is -0.461 e. The van der Waals surface area contributed by atoms with E-state index in [1.807, 2.05) is 147 Å². The van der Waals surface area contributed by atoms with Crippen molar-refractivity contribution in [2.45, 2.75) is 131 Å². The van der Waals surface area contributed by atoms with Crippen molar-refractivity contribution >= 4 is 11.8 Å². The Morgan fingerprint density at radius 2 is 0.786 bits per heavy atom. The van der Waals surface area contributed by atoms with Crippen LogP contribution in [0.1, 0.15) is 94.6 Å². The van der Waals surface area contributed by atoms with E-state index < -0.39 is 0 Å². The fourth-order valence-electron chi connectivity index (χ4n) is 10.3. The third kappa shape index (κ3) is 17.5. The Balaban J connectivity index is 0.000000124. The molecule has 14 aromatic rings. The van der Waals surface area contributed by atoms with Crippen LogP contribution in [0.15, 0.2) is 181 Å². The number of nitrogens with zero attached hydrogens (tertiary/aromatic N) is 27. The van der Waals surface area contributed by atoms with Gasteiger partial charge in [0.25, 0.3) is 0 Å². The predicted octanol–water partition coefficient (Wildman–Crippen LogP) is 12.1. The molecule has 0 atom stereocenters. The highest BCUT2D eigenvalue weighted by Gasteiger charge is 2.30. The molecular weight excluding hydrogens is 1260 g/mol. The van der Waals surface area contributed by atoms with Crippen LogP contribution in [-0.2, 0) is 33.2 Å². The molecule has 0 spiro atoms. The van der Waals surface area contributed by atoms with Gasteiger partial charge >= 0.3 is 0 Å². The highest BCUT2D eigenvalue weighted by Crippen LogP contribution is 2.41. The van der Waals surface area contributed by atoms with E-state index in [1.165, 1.54) is 25.7 Å². The average molecular weight is 1330 g/mol. The summed E-state index contributed by atoms with van der Waals surface area (Å²) in [6.45, 7) is 21.6. The number of hydrogen-bond donors (Lipinski definition) is 0. The summed E-state index contributed by atoms with van der Waals surface area (Å²) in [4.78, 5) is 24.0. The maximum atomic E-state index is 5.25. The summed E-state index contributed by atoms with van der Waals surface area (Å²) in [6.07, 6.45) is 31.6. The summed E-state index contributed by atoms with van der Waals surface area (Å²) >= 11 is 1.65. The molecule has 0 aromatic carbocycles. The minimum absolute atomic E-state index is 0.598. The smallest absolute Gasteiger partial charge is 0.199 e. The molecule has 16 rings (SSSR count). The number of pyridine rings is 6. The lowest BCUT2D eigenvalue weighted by Gasteiger charge is -2.06. The van der Waals surface area contributed by atoms with Crippen LogP contribution in [0.4, 0.5) is 0 Å². The quantitative estimate of drug-likeness (QED) is 0.0913. The Kier molecular flexibility index (Phi) is 24.2. The van der Waals surface area contributed by atoms with Gasteiger partial charge in [-0.3, -0.25) is 34.5 Å². The zero-order valence-electron chi connectivity index (χ0n) is 56.9. The molecule has 2 aliphatic rings. The molecule has 28 nitrogen and oxygen atoms in total. The van der Waals surface area contributed by atoms with Crippen molar-refractivity contribution in [2.75, 3.05) is 6.26 Å². The first kappa shape index (κ1) is 69.3. The topological polar surface area (TPSA) is 305 Å². The van der Waals surface area contributed by atoms with Crippen LogP contribution in [0.2, 0.25) is 0 Å². The van der Waals surface area contributed by atoms with Crippen LogP contribution in [0.25, 0.3) is 79.9 Å². The zero-order chi connectivity index (χ0) is 68.8. The zero-order valence-corrected chi connectivity index (χ0v) is 57.7. The van der Waals surface area contributed by atoms with Gasteiger partial charge in [-0.2, -0.15) is 0 Å². The van der Waals surface area contributed by atoms with E-state index in [4.69, 9.17) is 4.42 Å². The molecule has 0 radical (unpaired) electrons. The van der Waals surface area contributed by atoms with Crippen LogP contribution in [-0.4, -0.2) is 140 Å². The molecule has 14 aromatic heterocycles. The fourth-order valence-corrected chi connectivity index (χ4v) is 10.8. The van der Waals surface area contributed by atoms with E-state index in [0.717, 1.165) is 140 Å². The van der Waals surface area contributed by atoms with E-state index in [2.05, 4.69) is 147 Å². The van der Waals surface area contributed by atoms with Crippen molar-refractivity contribution in [3.05, 3.63) is 201 Å². The van der Waals surface area contributed by atoms with Crippen molar-refractivity contribution < 1.29 is 4.42 Å². The Labute approximate surface area is 572 Å². The monoisotopic (exact) mass is 1330 g/mol. The van der Waals surface area contributed by atoms with Gasteiger partial charge in [0, 0.05) is 153 Å². The normalized spacial score (nSPS) is 12.0. The second kappa shape index (κ2) is 34.3. The van der Waals surface area contributed by atoms with E-state index >= 15 is 0 Å². The standard InChI is InChI=1S/C11H12N4S.C11H12N4.2C10H12N4.2C9H10N4.C9H11N3O/c1-16-11-14-13-10(15(11)9-2-3-9)8-4-6-12-7-5-8;1-8-13-14-11(15(8)10-2-3-10)9-4-6-12-7-5-9;1-3-14-8(2)12-13-10(14)9-4-6-11-7-5-9;1-3-14-8(2)12-13-10(14)9-5-4-6-11-7-9;1-7-11-12-9(13(7)2)8-3-5-10-6-4-8;1-2-13-7-11-12-9(13)8-3-5-10-6-4-8;1-3-12-7(2)10-11-9(12)8-5-4-6-13-8/h4-7,9H,2-3H2,1H3;4-7,10H,2-3H2,1H3;2*4-7H,3H2,1-2H3;3-6H,1-2H3;3-7H,2H2,1H3;4-6H,3H2,1-2H3. The molecule has 29 heteroatoms. The molecule has 2 saturated carbocycles. The lowest BCUT2D eigenvalue weighted by molar-refractivity contribution is 0.569. The van der Waals surface area contributed by atoms with Crippen LogP contribution in [0, 0.1) is 34.6 Å². The number of furan rings is 1. The summed E-state index contributed by atoms with van der Waals surface area (Å²) in [6, 6.07) is 28.3. The fraction of sp³-hybridized carbons (Fsp3) is 0.304. The molecule has 0 aliphatic heterocycles. The van der Waals surface area contributed by atoms with Crippen molar-refractivity contribution in [2.24, 2.45) is 7.05 Å². The molecule has 0 amide bonds. The second-order valence-corrected chi connectivity index (χ2v) is 23.0. The Hall–Kier alpha value is -11.5. The predicted molar refractivity (Wildman–Crippen MR) is 373 cm³/mol. The highest BCUT2D eigenvalue weighted by atomic mass is 32.2. The Morgan fingerprint density at radius 3 is 1.22 bits per heavy atom. The van der Waals surface area contributed by atoms with Gasteiger partial charge in [-0.1, -0.05) is 11.8 Å². The van der Waals surface area contributed by atoms with Crippen LogP contribution >= 0.6 is 11.8 Å². The molecule has 2 fully saturated rings. The lowest BCUT2D eigenvalue weighted by atomic mass is 10.2. The number of hydrogen-bond acceptors (Lipinski definition) is 22. The SMILES string of the molecule is CCn1c(C)nnc1-c1cccnc1.CCn1c(C)nnc1-c1ccco1.CCn1c(C)nnc1-c1ccncc1.CCn1cnnc1-c1ccncc1.CSc1nnc(-c2ccncc2)n1C1CC1.Cc1nnc(-c2ccncc2)n1C.Cc1nnc(-c2ccncc2)n1C1CC1. The Morgan fingerprint density at radius 1 is 0.378 bits per heavy atom. The van der Waals surface area contributed by atoms with Crippen molar-refractivity contribution in [1.82, 2.24) is 133 Å². The van der Waals surface area contributed by atoms with E-state index in [9.17, 15) is 0 Å². The van der Waals surface area contributed by atoms with Gasteiger partial charge < -0.3 is 31.8 Å². The molecule has 98 heavy (non-hydrogen) atoms. The van der Waals surface area contributed by atoms with Crippen molar-refractivity contribution in [3.8, 4) is 79.9 Å². The van der Waals surface area contributed by atoms with Gasteiger partial charge in [-0.05, 0) is 179 Å². The molecule has 0 unspecified atom stereocenters. The van der Waals surface area contributed by atoms with Gasteiger partial charge in [0.15, 0.2) is 51.7 Å². The van der Waals surface area contributed by atoms with Crippen LogP contribution in [0.3, 0.4) is 0 Å². The lowest BCUT2D eigenvalue weighted by Crippen LogP contribution is -1.99. The first-order valence-electron chi connectivity index (χ1n) is 32.2. The molecule has 14 heterocycles. The maximum absolute atomic E-state index is 5.25. The van der Waals surface area contributed by atoms with E-state index in [0.29, 0.717) is 12.1 Å². The highest BCUT2D eigenvalue weighted by molar-refractivity contribution is 7.98. The largest absolute Gasteiger partial charge is 0.461 e. The Bertz CT molecular complexity index is 4550. The molecular formula is C69H79N27OS. The number of aromatic nitrogens is 27. The molecule has 0 saturated heterocycles. The summed E-state index contributed by atoms with van der Waals surface area (Å²) in [5.74, 6) is 11.8. The second-order valence-electron chi connectivity index (χ2n) is 22.2. The van der Waals surface area contributed by atoms with Crippen LogP contribution in [0.5, 0.6) is 0 Å². The van der Waals surface area contributed by atoms with Gasteiger partial charge in [0.2, 0.25) is 0 Å². The average Bonchev–Trinajstić information content (AvgIpc) is 1.65. The minimum atomic E-state index is 0.598. The number of rotatable bonds is 14. The van der Waals surface area contributed by atoms with Crippen molar-refractivity contribution in [1.29, 1.82) is 0 Å². The summed E-state index contributed by atoms with van der Waals surface area (Å²) in [5, 5.41) is 58.3. The van der Waals surface area contributed by atoms with E-state index in [1.54, 1.807) is 98.7 Å². The molecule has 0 bridgehead atoms. The summed E-state index contributed by atoms with van der Waals surface area (Å²) < 4.78 is 19.8. The first-order valence-corrected chi connectivity index (χ1v) is 33.5. The summed E-state index contributed by atoms with van der Waals surface area (Å²) in [5.41, 5.74) is 6.34. The molecule has 2 aliphatic carbocycles. The van der Waals surface area contributed by atoms with Crippen molar-refractivity contribution in [3.63, 3.8) is 0 Å². The summed E-state index contributed by atoms with van der Waals surface area (Å²) in [7, 11) is 1.95.